The third-order valence-corrected chi connectivity index (χ3v) is 7.42. The van der Waals surface area contributed by atoms with Crippen molar-refractivity contribution in [3.05, 3.63) is 63.9 Å². The molecule has 0 saturated carbocycles. The lowest BCUT2D eigenvalue weighted by Crippen LogP contribution is -2.42. The normalized spacial score (nSPS) is 16.6. The Morgan fingerprint density at radius 1 is 1.06 bits per heavy atom. The Labute approximate surface area is 196 Å². The molecule has 0 aliphatic carbocycles. The van der Waals surface area contributed by atoms with Crippen LogP contribution in [0.5, 0.6) is 0 Å². The summed E-state index contributed by atoms with van der Waals surface area (Å²) in [6, 6.07) is 13.7. The molecule has 2 aromatic heterocycles. The van der Waals surface area contributed by atoms with Gasteiger partial charge in [0.05, 0.1) is 22.3 Å². The Balaban J connectivity index is 1.63. The van der Waals surface area contributed by atoms with E-state index in [-0.39, 0.29) is 17.5 Å². The van der Waals surface area contributed by atoms with Gasteiger partial charge in [0.15, 0.2) is 5.16 Å². The number of rotatable bonds is 4. The summed E-state index contributed by atoms with van der Waals surface area (Å²) in [4.78, 5) is 28.5. The third-order valence-electron chi connectivity index (χ3n) is 6.51. The van der Waals surface area contributed by atoms with Crippen molar-refractivity contribution in [2.45, 2.75) is 51.2 Å². The predicted molar refractivity (Wildman–Crippen MR) is 131 cm³/mol. The maximum absolute atomic E-state index is 13.6. The summed E-state index contributed by atoms with van der Waals surface area (Å²) < 4.78 is 3.55. The largest absolute Gasteiger partial charge is 0.339 e. The molecule has 0 radical (unpaired) electrons. The van der Waals surface area contributed by atoms with Gasteiger partial charge in [0, 0.05) is 12.6 Å². The standard InChI is InChI=1S/C25H27N5O2S/c1-16-9-8-10-17(2)22(16)30-23(32)19-12-4-5-13-20(19)29-24(30)26-27-25(29)33-15-21(31)28-14-7-6-11-18(28)3/h4-5,8-10,12-13,18H,6-7,11,14-15H2,1-3H3/t18-/m1/s1. The molecule has 3 heterocycles. The molecule has 1 saturated heterocycles. The molecule has 0 bridgehead atoms. The van der Waals surface area contributed by atoms with Gasteiger partial charge in [0.25, 0.3) is 5.56 Å². The minimum Gasteiger partial charge on any atom is -0.339 e. The van der Waals surface area contributed by atoms with Gasteiger partial charge in [-0.25, -0.2) is 4.57 Å². The molecule has 1 aliphatic rings. The fourth-order valence-electron chi connectivity index (χ4n) is 4.81. The van der Waals surface area contributed by atoms with Crippen molar-refractivity contribution < 1.29 is 4.79 Å². The highest BCUT2D eigenvalue weighted by Gasteiger charge is 2.25. The number of carbonyl (C=O) groups excluding carboxylic acids is 1. The van der Waals surface area contributed by atoms with Gasteiger partial charge in [-0.2, -0.15) is 0 Å². The number of likely N-dealkylation sites (tertiary alicyclic amines) is 1. The molecule has 7 nitrogen and oxygen atoms in total. The van der Waals surface area contributed by atoms with Crippen molar-refractivity contribution in [1.82, 2.24) is 24.1 Å². The molecule has 1 amide bonds. The second kappa shape index (κ2) is 8.67. The number of piperidine rings is 1. The SMILES string of the molecule is Cc1cccc(C)c1-n1c(=O)c2ccccc2n2c(SCC(=O)N3CCCC[C@H]3C)nnc12. The molecular formula is C25H27N5O2S. The molecular weight excluding hydrogens is 434 g/mol. The van der Waals surface area contributed by atoms with E-state index in [9.17, 15) is 9.59 Å². The quantitative estimate of drug-likeness (QED) is 0.427. The number of hydrogen-bond donors (Lipinski definition) is 0. The highest BCUT2D eigenvalue weighted by molar-refractivity contribution is 7.99. The molecule has 0 spiro atoms. The summed E-state index contributed by atoms with van der Waals surface area (Å²) in [5.74, 6) is 0.871. The van der Waals surface area contributed by atoms with E-state index in [1.165, 1.54) is 18.2 Å². The van der Waals surface area contributed by atoms with Gasteiger partial charge in [-0.3, -0.25) is 14.0 Å². The lowest BCUT2D eigenvalue weighted by Gasteiger charge is -2.33. The van der Waals surface area contributed by atoms with E-state index in [1.54, 1.807) is 4.57 Å². The Morgan fingerprint density at radius 3 is 2.58 bits per heavy atom. The smallest absolute Gasteiger partial charge is 0.267 e. The third kappa shape index (κ3) is 3.72. The number of nitrogens with zero attached hydrogens (tertiary/aromatic N) is 5. The Bertz CT molecular complexity index is 1400. The van der Waals surface area contributed by atoms with Crippen LogP contribution in [0.1, 0.15) is 37.3 Å². The molecule has 33 heavy (non-hydrogen) atoms. The van der Waals surface area contributed by atoms with Crippen LogP contribution in [0.25, 0.3) is 22.4 Å². The molecule has 1 aliphatic heterocycles. The second-order valence-corrected chi connectivity index (χ2v) is 9.68. The first-order chi connectivity index (χ1) is 16.0. The first kappa shape index (κ1) is 21.7. The van der Waals surface area contributed by atoms with Gasteiger partial charge in [-0.1, -0.05) is 42.1 Å². The topological polar surface area (TPSA) is 72.5 Å². The van der Waals surface area contributed by atoms with Crippen LogP contribution >= 0.6 is 11.8 Å². The molecule has 1 atom stereocenters. The summed E-state index contributed by atoms with van der Waals surface area (Å²) in [5.41, 5.74) is 3.41. The lowest BCUT2D eigenvalue weighted by molar-refractivity contribution is -0.131. The first-order valence-corrected chi connectivity index (χ1v) is 12.3. The number of aromatic nitrogens is 4. The minimum absolute atomic E-state index is 0.122. The molecule has 8 heteroatoms. The predicted octanol–water partition coefficient (Wildman–Crippen LogP) is 4.14. The van der Waals surface area contributed by atoms with Gasteiger partial charge in [0.2, 0.25) is 11.7 Å². The van der Waals surface area contributed by atoms with Crippen LogP contribution in [-0.4, -0.2) is 48.3 Å². The van der Waals surface area contributed by atoms with Gasteiger partial charge in [-0.05, 0) is 63.3 Å². The highest BCUT2D eigenvalue weighted by Crippen LogP contribution is 2.26. The van der Waals surface area contributed by atoms with E-state index in [1.807, 2.05) is 65.6 Å². The van der Waals surface area contributed by atoms with Crippen molar-refractivity contribution in [2.75, 3.05) is 12.3 Å². The molecule has 1 fully saturated rings. The summed E-state index contributed by atoms with van der Waals surface area (Å²) in [6.45, 7) is 6.91. The number of aryl methyl sites for hydroxylation is 2. The number of amides is 1. The van der Waals surface area contributed by atoms with Crippen LogP contribution in [0, 0.1) is 13.8 Å². The van der Waals surface area contributed by atoms with Crippen LogP contribution in [0.4, 0.5) is 0 Å². The summed E-state index contributed by atoms with van der Waals surface area (Å²) in [5, 5.41) is 10.0. The molecule has 170 valence electrons. The van der Waals surface area contributed by atoms with Gasteiger partial charge >= 0.3 is 0 Å². The summed E-state index contributed by atoms with van der Waals surface area (Å²) in [7, 11) is 0. The zero-order valence-corrected chi connectivity index (χ0v) is 19.9. The summed E-state index contributed by atoms with van der Waals surface area (Å²) in [6.07, 6.45) is 3.28. The van der Waals surface area contributed by atoms with Crippen LogP contribution in [-0.2, 0) is 4.79 Å². The fraction of sp³-hybridized carbons (Fsp3) is 0.360. The van der Waals surface area contributed by atoms with Crippen molar-refractivity contribution in [3.63, 3.8) is 0 Å². The lowest BCUT2D eigenvalue weighted by atomic mass is 10.0. The first-order valence-electron chi connectivity index (χ1n) is 11.3. The van der Waals surface area contributed by atoms with Crippen molar-refractivity contribution in [2.24, 2.45) is 0 Å². The van der Waals surface area contributed by atoms with Gasteiger partial charge < -0.3 is 4.90 Å². The van der Waals surface area contributed by atoms with Crippen LogP contribution in [0.3, 0.4) is 0 Å². The maximum atomic E-state index is 13.6. The molecule has 0 unspecified atom stereocenters. The summed E-state index contributed by atoms with van der Waals surface area (Å²) >= 11 is 1.38. The van der Waals surface area contributed by atoms with E-state index < -0.39 is 0 Å². The zero-order chi connectivity index (χ0) is 23.1. The Kier molecular flexibility index (Phi) is 5.70. The molecule has 0 N–H and O–H groups in total. The van der Waals surface area contributed by atoms with Gasteiger partial charge in [0.1, 0.15) is 0 Å². The highest BCUT2D eigenvalue weighted by atomic mass is 32.2. The van der Waals surface area contributed by atoms with Crippen molar-refractivity contribution in [3.8, 4) is 5.69 Å². The zero-order valence-electron chi connectivity index (χ0n) is 19.1. The van der Waals surface area contributed by atoms with E-state index in [0.717, 1.165) is 41.7 Å². The number of para-hydroxylation sites is 2. The van der Waals surface area contributed by atoms with Crippen LogP contribution in [0.15, 0.2) is 52.4 Å². The van der Waals surface area contributed by atoms with Crippen molar-refractivity contribution >= 4 is 34.3 Å². The van der Waals surface area contributed by atoms with E-state index in [0.29, 0.717) is 22.1 Å². The number of fused-ring (bicyclic) bond motifs is 3. The van der Waals surface area contributed by atoms with E-state index >= 15 is 0 Å². The average Bonchev–Trinajstić information content (AvgIpc) is 3.23. The monoisotopic (exact) mass is 461 g/mol. The van der Waals surface area contributed by atoms with Crippen molar-refractivity contribution in [1.29, 1.82) is 0 Å². The number of carbonyl (C=O) groups is 1. The van der Waals surface area contributed by atoms with Crippen LogP contribution in [0.2, 0.25) is 0 Å². The molecule has 5 rings (SSSR count). The maximum Gasteiger partial charge on any atom is 0.267 e. The minimum atomic E-state index is -0.127. The molecule has 2 aromatic carbocycles. The Morgan fingerprint density at radius 2 is 1.82 bits per heavy atom. The Hall–Kier alpha value is -3.13. The van der Waals surface area contributed by atoms with Gasteiger partial charge in [-0.15, -0.1) is 10.2 Å². The number of thioether (sulfide) groups is 1. The number of hydrogen-bond acceptors (Lipinski definition) is 5. The average molecular weight is 462 g/mol. The molecule has 4 aromatic rings. The van der Waals surface area contributed by atoms with E-state index in [4.69, 9.17) is 0 Å². The van der Waals surface area contributed by atoms with E-state index in [2.05, 4.69) is 17.1 Å². The number of benzene rings is 2. The second-order valence-electron chi connectivity index (χ2n) is 8.74. The fourth-order valence-corrected chi connectivity index (χ4v) is 5.64. The van der Waals surface area contributed by atoms with Crippen LogP contribution < -0.4 is 5.56 Å².